The standard InChI is InChI=1S/C14H20N2S/c1-11-9-15-14(17-10-11)16-12(2)8-13-6-4-3-5-7-13/h3-7,11-12H,8-10H2,1-2H3,(H,15,16). The Kier molecular flexibility index (Phi) is 4.49. The molecule has 0 saturated heterocycles. The molecular formula is C14H20N2S. The van der Waals surface area contributed by atoms with Gasteiger partial charge in [0.1, 0.15) is 0 Å². The van der Waals surface area contributed by atoms with E-state index in [0.29, 0.717) is 6.04 Å². The molecule has 2 atom stereocenters. The molecule has 1 aliphatic rings. The molecule has 0 amide bonds. The summed E-state index contributed by atoms with van der Waals surface area (Å²) in [5, 5.41) is 4.62. The van der Waals surface area contributed by atoms with Crippen molar-refractivity contribution in [2.75, 3.05) is 12.3 Å². The van der Waals surface area contributed by atoms with Crippen LogP contribution in [0.25, 0.3) is 0 Å². The molecule has 0 bridgehead atoms. The second-order valence-corrected chi connectivity index (χ2v) is 5.81. The highest BCUT2D eigenvalue weighted by molar-refractivity contribution is 8.13. The summed E-state index contributed by atoms with van der Waals surface area (Å²) >= 11 is 1.85. The molecule has 0 saturated carbocycles. The predicted molar refractivity (Wildman–Crippen MR) is 76.7 cm³/mol. The molecule has 0 aliphatic carbocycles. The first kappa shape index (κ1) is 12.5. The molecule has 1 aliphatic heterocycles. The first-order valence-corrected chi connectivity index (χ1v) is 7.20. The lowest BCUT2D eigenvalue weighted by Crippen LogP contribution is -2.34. The smallest absolute Gasteiger partial charge is 0.156 e. The number of nitrogens with zero attached hydrogens (tertiary/aromatic N) is 1. The van der Waals surface area contributed by atoms with Crippen LogP contribution in [0, 0.1) is 5.92 Å². The van der Waals surface area contributed by atoms with Crippen LogP contribution in [-0.2, 0) is 6.42 Å². The van der Waals surface area contributed by atoms with Crippen LogP contribution in [0.5, 0.6) is 0 Å². The molecule has 1 aromatic rings. The van der Waals surface area contributed by atoms with Gasteiger partial charge in [-0.2, -0.15) is 0 Å². The van der Waals surface area contributed by atoms with Crippen LogP contribution >= 0.6 is 11.8 Å². The second-order valence-electron chi connectivity index (χ2n) is 4.80. The zero-order chi connectivity index (χ0) is 12.1. The molecule has 2 unspecified atom stereocenters. The molecule has 92 valence electrons. The highest BCUT2D eigenvalue weighted by Crippen LogP contribution is 2.16. The van der Waals surface area contributed by atoms with Gasteiger partial charge < -0.3 is 5.32 Å². The van der Waals surface area contributed by atoms with Gasteiger partial charge in [0.15, 0.2) is 5.17 Å². The first-order valence-electron chi connectivity index (χ1n) is 6.21. The van der Waals surface area contributed by atoms with E-state index in [-0.39, 0.29) is 0 Å². The zero-order valence-electron chi connectivity index (χ0n) is 10.5. The fraction of sp³-hybridized carbons (Fsp3) is 0.500. The molecule has 2 rings (SSSR count). The summed E-state index contributed by atoms with van der Waals surface area (Å²) in [7, 11) is 0. The minimum atomic E-state index is 0.442. The Morgan fingerprint density at radius 2 is 2.18 bits per heavy atom. The van der Waals surface area contributed by atoms with Crippen molar-refractivity contribution in [3.8, 4) is 0 Å². The highest BCUT2D eigenvalue weighted by atomic mass is 32.2. The molecule has 0 spiro atoms. The lowest BCUT2D eigenvalue weighted by molar-refractivity contribution is 0.641. The molecule has 0 aromatic heterocycles. The van der Waals surface area contributed by atoms with Crippen molar-refractivity contribution in [2.24, 2.45) is 10.9 Å². The van der Waals surface area contributed by atoms with Gasteiger partial charge in [0.05, 0.1) is 0 Å². The van der Waals surface area contributed by atoms with E-state index in [9.17, 15) is 0 Å². The van der Waals surface area contributed by atoms with Gasteiger partial charge in [0.25, 0.3) is 0 Å². The number of hydrogen-bond donors (Lipinski definition) is 1. The Balaban J connectivity index is 1.83. The molecule has 2 nitrogen and oxygen atoms in total. The molecule has 0 fully saturated rings. The van der Waals surface area contributed by atoms with Crippen LogP contribution in [0.4, 0.5) is 0 Å². The van der Waals surface area contributed by atoms with Gasteiger partial charge in [0.2, 0.25) is 0 Å². The lowest BCUT2D eigenvalue weighted by Gasteiger charge is -2.21. The molecular weight excluding hydrogens is 228 g/mol. The number of benzene rings is 1. The topological polar surface area (TPSA) is 24.4 Å². The summed E-state index contributed by atoms with van der Waals surface area (Å²) in [5.74, 6) is 1.90. The fourth-order valence-electron chi connectivity index (χ4n) is 1.88. The Bertz CT molecular complexity index is 375. The average Bonchev–Trinajstić information content (AvgIpc) is 2.33. The minimum absolute atomic E-state index is 0.442. The van der Waals surface area contributed by atoms with Crippen molar-refractivity contribution in [1.82, 2.24) is 5.32 Å². The largest absolute Gasteiger partial charge is 0.362 e. The van der Waals surface area contributed by atoms with Gasteiger partial charge in [-0.1, -0.05) is 49.0 Å². The number of thioether (sulfide) groups is 1. The fourth-order valence-corrected chi connectivity index (χ4v) is 2.87. The van der Waals surface area contributed by atoms with Gasteiger partial charge in [-0.05, 0) is 24.8 Å². The third-order valence-electron chi connectivity index (χ3n) is 2.81. The van der Waals surface area contributed by atoms with E-state index >= 15 is 0 Å². The molecule has 0 radical (unpaired) electrons. The Morgan fingerprint density at radius 3 is 2.82 bits per heavy atom. The normalized spacial score (nSPS) is 21.8. The molecule has 17 heavy (non-hydrogen) atoms. The molecule has 1 aromatic carbocycles. The summed E-state index contributed by atoms with van der Waals surface area (Å²) < 4.78 is 0. The Morgan fingerprint density at radius 1 is 1.41 bits per heavy atom. The van der Waals surface area contributed by atoms with Gasteiger partial charge in [-0.15, -0.1) is 0 Å². The van der Waals surface area contributed by atoms with Crippen molar-refractivity contribution in [1.29, 1.82) is 0 Å². The van der Waals surface area contributed by atoms with Crippen molar-refractivity contribution >= 4 is 16.9 Å². The second kappa shape index (κ2) is 6.10. The Hall–Kier alpha value is -0.960. The van der Waals surface area contributed by atoms with E-state index in [2.05, 4.69) is 54.5 Å². The maximum Gasteiger partial charge on any atom is 0.156 e. The number of aliphatic imine (C=N–C) groups is 1. The quantitative estimate of drug-likeness (QED) is 0.889. The minimum Gasteiger partial charge on any atom is -0.362 e. The van der Waals surface area contributed by atoms with Crippen molar-refractivity contribution in [2.45, 2.75) is 26.3 Å². The van der Waals surface area contributed by atoms with Gasteiger partial charge in [-0.25, -0.2) is 0 Å². The van der Waals surface area contributed by atoms with Crippen molar-refractivity contribution in [3.05, 3.63) is 35.9 Å². The van der Waals surface area contributed by atoms with E-state index in [4.69, 9.17) is 0 Å². The van der Waals surface area contributed by atoms with Crippen LogP contribution in [0.3, 0.4) is 0 Å². The van der Waals surface area contributed by atoms with E-state index in [0.717, 1.165) is 24.1 Å². The van der Waals surface area contributed by atoms with Crippen molar-refractivity contribution < 1.29 is 0 Å². The molecule has 1 heterocycles. The Labute approximate surface area is 108 Å². The van der Waals surface area contributed by atoms with E-state index in [1.807, 2.05) is 11.8 Å². The third kappa shape index (κ3) is 4.08. The van der Waals surface area contributed by atoms with Crippen LogP contribution in [0.2, 0.25) is 0 Å². The van der Waals surface area contributed by atoms with Gasteiger partial charge >= 0.3 is 0 Å². The van der Waals surface area contributed by atoms with E-state index in [1.54, 1.807) is 0 Å². The summed E-state index contributed by atoms with van der Waals surface area (Å²) in [6, 6.07) is 11.0. The van der Waals surface area contributed by atoms with Crippen LogP contribution in [0.1, 0.15) is 19.4 Å². The number of rotatable bonds is 3. The SMILES string of the molecule is CC1CN=C(NC(C)Cc2ccccc2)SC1. The predicted octanol–water partition coefficient (Wildman–Crippen LogP) is 2.95. The van der Waals surface area contributed by atoms with Crippen LogP contribution in [-0.4, -0.2) is 23.5 Å². The van der Waals surface area contributed by atoms with E-state index in [1.165, 1.54) is 11.3 Å². The van der Waals surface area contributed by atoms with Crippen LogP contribution in [0.15, 0.2) is 35.3 Å². The summed E-state index contributed by atoms with van der Waals surface area (Å²) in [6.45, 7) is 5.43. The molecule has 1 N–H and O–H groups in total. The van der Waals surface area contributed by atoms with Crippen LogP contribution < -0.4 is 5.32 Å². The van der Waals surface area contributed by atoms with E-state index < -0.39 is 0 Å². The number of hydrogen-bond acceptors (Lipinski definition) is 3. The van der Waals surface area contributed by atoms with Gasteiger partial charge in [0, 0.05) is 18.3 Å². The first-order chi connectivity index (χ1) is 8.24. The zero-order valence-corrected chi connectivity index (χ0v) is 11.3. The molecule has 3 heteroatoms. The maximum atomic E-state index is 4.56. The highest BCUT2D eigenvalue weighted by Gasteiger charge is 2.13. The summed E-state index contributed by atoms with van der Waals surface area (Å²) in [6.07, 6.45) is 1.05. The van der Waals surface area contributed by atoms with Gasteiger partial charge in [-0.3, -0.25) is 4.99 Å². The summed E-state index contributed by atoms with van der Waals surface area (Å²) in [5.41, 5.74) is 1.38. The third-order valence-corrected chi connectivity index (χ3v) is 4.06. The monoisotopic (exact) mass is 248 g/mol. The number of nitrogens with one attached hydrogen (secondary N) is 1. The lowest BCUT2D eigenvalue weighted by atomic mass is 10.1. The average molecular weight is 248 g/mol. The summed E-state index contributed by atoms with van der Waals surface area (Å²) in [4.78, 5) is 4.56. The maximum absolute atomic E-state index is 4.56. The van der Waals surface area contributed by atoms with Crippen molar-refractivity contribution in [3.63, 3.8) is 0 Å². The number of amidine groups is 1.